The summed E-state index contributed by atoms with van der Waals surface area (Å²) in [6.07, 6.45) is 1.42. The quantitative estimate of drug-likeness (QED) is 0.415. The minimum absolute atomic E-state index is 0.282. The van der Waals surface area contributed by atoms with E-state index in [0.717, 1.165) is 10.1 Å². The standard InChI is InChI=1S/C13H9ClN4OS3/c14-10-4-3-8(6-15-10)11(19)16-12-17-18-13(22-12)21-7-9-2-1-5-20-9/h1-6H,7H2,(H,16,17,19). The highest BCUT2D eigenvalue weighted by Crippen LogP contribution is 2.29. The fraction of sp³-hybridized carbons (Fsp3) is 0.0769. The van der Waals surface area contributed by atoms with Gasteiger partial charge in [-0.1, -0.05) is 40.8 Å². The summed E-state index contributed by atoms with van der Waals surface area (Å²) < 4.78 is 0.818. The van der Waals surface area contributed by atoms with Crippen molar-refractivity contribution in [3.8, 4) is 0 Å². The monoisotopic (exact) mass is 368 g/mol. The highest BCUT2D eigenvalue weighted by Gasteiger charge is 2.11. The molecule has 3 heterocycles. The number of hydrogen-bond acceptors (Lipinski definition) is 7. The number of anilines is 1. The zero-order chi connectivity index (χ0) is 15.4. The SMILES string of the molecule is O=C(Nc1nnc(SCc2cccs2)s1)c1ccc(Cl)nc1. The molecule has 0 fully saturated rings. The molecule has 1 amide bonds. The van der Waals surface area contributed by atoms with Crippen LogP contribution in [0.5, 0.6) is 0 Å². The Bertz CT molecular complexity index is 758. The van der Waals surface area contributed by atoms with Crippen LogP contribution in [0.25, 0.3) is 0 Å². The molecule has 3 rings (SSSR count). The average molecular weight is 369 g/mol. The minimum atomic E-state index is -0.282. The highest BCUT2D eigenvalue weighted by molar-refractivity contribution is 8.00. The third-order valence-electron chi connectivity index (χ3n) is 2.53. The van der Waals surface area contributed by atoms with E-state index in [1.54, 1.807) is 35.2 Å². The molecule has 0 saturated heterocycles. The fourth-order valence-corrected chi connectivity index (χ4v) is 4.16. The van der Waals surface area contributed by atoms with E-state index in [1.807, 2.05) is 11.4 Å². The maximum absolute atomic E-state index is 12.0. The molecule has 1 N–H and O–H groups in total. The minimum Gasteiger partial charge on any atom is -0.296 e. The normalized spacial score (nSPS) is 10.6. The molecule has 0 atom stereocenters. The molecule has 5 nitrogen and oxygen atoms in total. The number of nitrogens with zero attached hydrogens (tertiary/aromatic N) is 3. The van der Waals surface area contributed by atoms with E-state index in [2.05, 4.69) is 26.6 Å². The van der Waals surface area contributed by atoms with Gasteiger partial charge in [0.25, 0.3) is 5.91 Å². The Hall–Kier alpha value is -1.48. The van der Waals surface area contributed by atoms with Gasteiger partial charge in [-0.3, -0.25) is 10.1 Å². The van der Waals surface area contributed by atoms with E-state index in [4.69, 9.17) is 11.6 Å². The molecule has 0 radical (unpaired) electrons. The average Bonchev–Trinajstić information content (AvgIpc) is 3.17. The molecule has 0 unspecified atom stereocenters. The lowest BCUT2D eigenvalue weighted by Crippen LogP contribution is -2.11. The highest BCUT2D eigenvalue weighted by atomic mass is 35.5. The summed E-state index contributed by atoms with van der Waals surface area (Å²) in [5.74, 6) is 0.566. The molecule has 3 aromatic rings. The Morgan fingerprint density at radius 3 is 2.95 bits per heavy atom. The number of aromatic nitrogens is 3. The number of carbonyl (C=O) groups excluding carboxylic acids is 1. The molecule has 0 bridgehead atoms. The van der Waals surface area contributed by atoms with Crippen LogP contribution in [0, 0.1) is 0 Å². The van der Waals surface area contributed by atoms with Crippen molar-refractivity contribution < 1.29 is 4.79 Å². The number of thioether (sulfide) groups is 1. The van der Waals surface area contributed by atoms with Gasteiger partial charge in [-0.15, -0.1) is 21.5 Å². The summed E-state index contributed by atoms with van der Waals surface area (Å²) in [5.41, 5.74) is 0.424. The fourth-order valence-electron chi connectivity index (χ4n) is 1.53. The van der Waals surface area contributed by atoms with Crippen molar-refractivity contribution >= 4 is 57.1 Å². The van der Waals surface area contributed by atoms with E-state index in [9.17, 15) is 4.79 Å². The van der Waals surface area contributed by atoms with Gasteiger partial charge in [0.2, 0.25) is 5.13 Å². The topological polar surface area (TPSA) is 67.8 Å². The van der Waals surface area contributed by atoms with Gasteiger partial charge in [0.05, 0.1) is 5.56 Å². The Kier molecular flexibility index (Phi) is 5.04. The lowest BCUT2D eigenvalue weighted by Gasteiger charge is -2.00. The zero-order valence-corrected chi connectivity index (χ0v) is 14.2. The largest absolute Gasteiger partial charge is 0.296 e. The summed E-state index contributed by atoms with van der Waals surface area (Å²) in [6.45, 7) is 0. The number of amides is 1. The van der Waals surface area contributed by atoms with Crippen LogP contribution in [0.1, 0.15) is 15.2 Å². The number of pyridine rings is 1. The van der Waals surface area contributed by atoms with E-state index >= 15 is 0 Å². The molecule has 22 heavy (non-hydrogen) atoms. The molecule has 0 aliphatic heterocycles. The number of hydrogen-bond donors (Lipinski definition) is 1. The smallest absolute Gasteiger partial charge is 0.259 e. The van der Waals surface area contributed by atoms with Crippen molar-refractivity contribution in [1.29, 1.82) is 0 Å². The molecular weight excluding hydrogens is 360 g/mol. The van der Waals surface area contributed by atoms with Crippen LogP contribution in [-0.4, -0.2) is 21.1 Å². The van der Waals surface area contributed by atoms with Gasteiger partial charge in [-0.05, 0) is 23.6 Å². The first kappa shape index (κ1) is 15.4. The summed E-state index contributed by atoms with van der Waals surface area (Å²) in [5, 5.41) is 13.6. The van der Waals surface area contributed by atoms with Gasteiger partial charge in [0.1, 0.15) is 5.15 Å². The van der Waals surface area contributed by atoms with Crippen molar-refractivity contribution in [1.82, 2.24) is 15.2 Å². The Balaban J connectivity index is 1.59. The summed E-state index contributed by atoms with van der Waals surface area (Å²) in [7, 11) is 0. The maximum atomic E-state index is 12.0. The molecular formula is C13H9ClN4OS3. The van der Waals surface area contributed by atoms with E-state index < -0.39 is 0 Å². The number of thiophene rings is 1. The van der Waals surface area contributed by atoms with Gasteiger partial charge < -0.3 is 0 Å². The van der Waals surface area contributed by atoms with E-state index in [1.165, 1.54) is 22.4 Å². The summed E-state index contributed by atoms with van der Waals surface area (Å²) in [4.78, 5) is 17.2. The first-order chi connectivity index (χ1) is 10.7. The first-order valence-corrected chi connectivity index (χ1v) is 9.18. The number of rotatable bonds is 5. The number of carbonyl (C=O) groups is 1. The van der Waals surface area contributed by atoms with Crippen LogP contribution >= 0.6 is 46.0 Å². The number of halogens is 1. The van der Waals surface area contributed by atoms with Crippen molar-refractivity contribution in [3.63, 3.8) is 0 Å². The third kappa shape index (κ3) is 4.04. The van der Waals surface area contributed by atoms with Crippen LogP contribution in [0.2, 0.25) is 5.15 Å². The molecule has 0 aliphatic carbocycles. The summed E-state index contributed by atoms with van der Waals surface area (Å²) in [6, 6.07) is 7.28. The second-order valence-corrected chi connectivity index (χ2v) is 7.68. The Morgan fingerprint density at radius 1 is 1.32 bits per heavy atom. The predicted molar refractivity (Wildman–Crippen MR) is 91.0 cm³/mol. The molecule has 0 saturated carbocycles. The lowest BCUT2D eigenvalue weighted by molar-refractivity contribution is 0.102. The van der Waals surface area contributed by atoms with Crippen molar-refractivity contribution in [2.24, 2.45) is 0 Å². The maximum Gasteiger partial charge on any atom is 0.259 e. The Labute approximate surface area is 143 Å². The lowest BCUT2D eigenvalue weighted by atomic mass is 10.3. The second kappa shape index (κ2) is 7.19. The Morgan fingerprint density at radius 2 is 2.23 bits per heavy atom. The summed E-state index contributed by atoms with van der Waals surface area (Å²) >= 11 is 10.3. The van der Waals surface area contributed by atoms with Gasteiger partial charge in [0, 0.05) is 16.8 Å². The van der Waals surface area contributed by atoms with Crippen LogP contribution in [0.15, 0.2) is 40.2 Å². The van der Waals surface area contributed by atoms with Crippen LogP contribution in [-0.2, 0) is 5.75 Å². The second-order valence-electron chi connectivity index (χ2n) is 4.06. The van der Waals surface area contributed by atoms with Crippen LogP contribution < -0.4 is 5.32 Å². The van der Waals surface area contributed by atoms with Crippen LogP contribution in [0.4, 0.5) is 5.13 Å². The third-order valence-corrected chi connectivity index (χ3v) is 5.84. The van der Waals surface area contributed by atoms with E-state index in [0.29, 0.717) is 15.8 Å². The molecule has 112 valence electrons. The zero-order valence-electron chi connectivity index (χ0n) is 11.0. The van der Waals surface area contributed by atoms with Gasteiger partial charge in [0.15, 0.2) is 4.34 Å². The molecule has 0 aromatic carbocycles. The van der Waals surface area contributed by atoms with Gasteiger partial charge in [-0.2, -0.15) is 0 Å². The molecule has 0 spiro atoms. The van der Waals surface area contributed by atoms with Gasteiger partial charge >= 0.3 is 0 Å². The molecule has 9 heteroatoms. The van der Waals surface area contributed by atoms with Crippen molar-refractivity contribution in [2.75, 3.05) is 5.32 Å². The van der Waals surface area contributed by atoms with E-state index in [-0.39, 0.29) is 5.91 Å². The molecule has 3 aromatic heterocycles. The van der Waals surface area contributed by atoms with Crippen molar-refractivity contribution in [2.45, 2.75) is 10.1 Å². The van der Waals surface area contributed by atoms with Crippen LogP contribution in [0.3, 0.4) is 0 Å². The molecule has 0 aliphatic rings. The first-order valence-electron chi connectivity index (χ1n) is 6.12. The van der Waals surface area contributed by atoms with Crippen molar-refractivity contribution in [3.05, 3.63) is 51.4 Å². The predicted octanol–water partition coefficient (Wildman–Crippen LogP) is 4.19. The van der Waals surface area contributed by atoms with Gasteiger partial charge in [-0.25, -0.2) is 4.98 Å². The number of nitrogens with one attached hydrogen (secondary N) is 1.